The number of hydrogen-bond donors (Lipinski definition) is 1. The molecule has 0 unspecified atom stereocenters. The van der Waals surface area contributed by atoms with E-state index >= 15 is 0 Å². The fourth-order valence-electron chi connectivity index (χ4n) is 2.93. The number of rotatable bonds is 6. The van der Waals surface area contributed by atoms with E-state index in [2.05, 4.69) is 5.32 Å². The standard InChI is InChI=1S/C20H20Cl2N2O6S/c1-13-2-3-14(10-18(13)31(27,28)24-6-8-29-9-7-24)20(26)30-12-19(25)23-17-11-15(21)4-5-16(17)22/h2-5,10-11H,6-9,12H2,1H3,(H,23,25). The van der Waals surface area contributed by atoms with Crippen molar-refractivity contribution in [2.45, 2.75) is 11.8 Å². The van der Waals surface area contributed by atoms with Crippen molar-refractivity contribution in [1.82, 2.24) is 4.31 Å². The van der Waals surface area contributed by atoms with Gasteiger partial charge in [-0.1, -0.05) is 29.3 Å². The summed E-state index contributed by atoms with van der Waals surface area (Å²) < 4.78 is 37.4. The van der Waals surface area contributed by atoms with Crippen LogP contribution in [0.1, 0.15) is 15.9 Å². The van der Waals surface area contributed by atoms with E-state index in [-0.39, 0.29) is 34.3 Å². The molecular formula is C20H20Cl2N2O6S. The van der Waals surface area contributed by atoms with Crippen molar-refractivity contribution in [2.24, 2.45) is 0 Å². The molecule has 1 amide bonds. The fraction of sp³-hybridized carbons (Fsp3) is 0.300. The maximum absolute atomic E-state index is 12.9. The third-order valence-electron chi connectivity index (χ3n) is 4.55. The Bertz CT molecular complexity index is 1100. The van der Waals surface area contributed by atoms with Crippen LogP contribution in [-0.4, -0.2) is 57.5 Å². The molecule has 31 heavy (non-hydrogen) atoms. The average molecular weight is 487 g/mol. The zero-order valence-electron chi connectivity index (χ0n) is 16.6. The summed E-state index contributed by atoms with van der Waals surface area (Å²) in [5, 5.41) is 3.16. The number of ether oxygens (including phenoxy) is 2. The lowest BCUT2D eigenvalue weighted by atomic mass is 10.1. The normalized spacial score (nSPS) is 14.8. The summed E-state index contributed by atoms with van der Waals surface area (Å²) in [6, 6.07) is 8.78. The number of morpholine rings is 1. The van der Waals surface area contributed by atoms with Gasteiger partial charge in [0.1, 0.15) is 0 Å². The topological polar surface area (TPSA) is 102 Å². The number of amides is 1. The highest BCUT2D eigenvalue weighted by Gasteiger charge is 2.28. The Morgan fingerprint density at radius 3 is 2.55 bits per heavy atom. The van der Waals surface area contributed by atoms with Gasteiger partial charge in [-0.15, -0.1) is 0 Å². The molecule has 0 atom stereocenters. The summed E-state index contributed by atoms with van der Waals surface area (Å²) in [6.07, 6.45) is 0. The summed E-state index contributed by atoms with van der Waals surface area (Å²) in [5.74, 6) is -1.45. The Kier molecular flexibility index (Phi) is 7.55. The lowest BCUT2D eigenvalue weighted by Crippen LogP contribution is -2.40. The molecular weight excluding hydrogens is 467 g/mol. The van der Waals surface area contributed by atoms with Gasteiger partial charge in [0.05, 0.1) is 34.4 Å². The van der Waals surface area contributed by atoms with E-state index in [9.17, 15) is 18.0 Å². The maximum Gasteiger partial charge on any atom is 0.338 e. The number of carbonyl (C=O) groups excluding carboxylic acids is 2. The van der Waals surface area contributed by atoms with E-state index in [1.165, 1.54) is 34.6 Å². The van der Waals surface area contributed by atoms with Gasteiger partial charge >= 0.3 is 5.97 Å². The van der Waals surface area contributed by atoms with E-state index in [1.54, 1.807) is 13.0 Å². The highest BCUT2D eigenvalue weighted by Crippen LogP contribution is 2.25. The second kappa shape index (κ2) is 9.97. The van der Waals surface area contributed by atoms with E-state index in [1.807, 2.05) is 0 Å². The second-order valence-corrected chi connectivity index (χ2v) is 9.50. The minimum absolute atomic E-state index is 0.0130. The molecule has 3 rings (SSSR count). The quantitative estimate of drug-likeness (QED) is 0.629. The Balaban J connectivity index is 1.68. The highest BCUT2D eigenvalue weighted by molar-refractivity contribution is 7.89. The predicted octanol–water partition coefficient (Wildman–Crippen LogP) is 3.12. The number of benzene rings is 2. The number of aryl methyl sites for hydroxylation is 1. The molecule has 0 radical (unpaired) electrons. The average Bonchev–Trinajstić information content (AvgIpc) is 2.75. The predicted molar refractivity (Wildman–Crippen MR) is 116 cm³/mol. The number of hydrogen-bond acceptors (Lipinski definition) is 6. The van der Waals surface area contributed by atoms with Crippen LogP contribution in [0.4, 0.5) is 5.69 Å². The highest BCUT2D eigenvalue weighted by atomic mass is 35.5. The van der Waals surface area contributed by atoms with Gasteiger partial charge in [-0.2, -0.15) is 4.31 Å². The minimum Gasteiger partial charge on any atom is -0.452 e. The van der Waals surface area contributed by atoms with Crippen LogP contribution in [0, 0.1) is 6.92 Å². The molecule has 8 nitrogen and oxygen atoms in total. The number of nitrogens with zero attached hydrogens (tertiary/aromatic N) is 1. The van der Waals surface area contributed by atoms with E-state index < -0.39 is 28.5 Å². The molecule has 0 bridgehead atoms. The van der Waals surface area contributed by atoms with Crippen LogP contribution in [-0.2, 0) is 24.3 Å². The summed E-state index contributed by atoms with van der Waals surface area (Å²) in [5.41, 5.74) is 0.798. The molecule has 1 aliphatic rings. The van der Waals surface area contributed by atoms with Gasteiger partial charge in [0.15, 0.2) is 6.61 Å². The first-order valence-electron chi connectivity index (χ1n) is 9.29. The molecule has 11 heteroatoms. The third-order valence-corrected chi connectivity index (χ3v) is 7.15. The lowest BCUT2D eigenvalue weighted by molar-refractivity contribution is -0.119. The Morgan fingerprint density at radius 1 is 1.13 bits per heavy atom. The van der Waals surface area contributed by atoms with Crippen LogP contribution in [0.5, 0.6) is 0 Å². The van der Waals surface area contributed by atoms with Gasteiger partial charge in [0.25, 0.3) is 5.91 Å². The van der Waals surface area contributed by atoms with Crippen LogP contribution >= 0.6 is 23.2 Å². The Labute approximate surface area is 190 Å². The molecule has 1 N–H and O–H groups in total. The van der Waals surface area contributed by atoms with Crippen molar-refractivity contribution in [1.29, 1.82) is 0 Å². The Morgan fingerprint density at radius 2 is 1.84 bits per heavy atom. The molecule has 0 aromatic heterocycles. The van der Waals surface area contributed by atoms with Gasteiger partial charge in [0.2, 0.25) is 10.0 Å². The summed E-state index contributed by atoms with van der Waals surface area (Å²) in [6.45, 7) is 2.16. The number of anilines is 1. The van der Waals surface area contributed by atoms with Crippen LogP contribution in [0.2, 0.25) is 10.0 Å². The van der Waals surface area contributed by atoms with Crippen LogP contribution in [0.3, 0.4) is 0 Å². The van der Waals surface area contributed by atoms with Gasteiger partial charge in [-0.25, -0.2) is 13.2 Å². The van der Waals surface area contributed by atoms with Crippen LogP contribution < -0.4 is 5.32 Å². The Hall–Kier alpha value is -2.17. The number of nitrogens with one attached hydrogen (secondary N) is 1. The molecule has 1 saturated heterocycles. The van der Waals surface area contributed by atoms with Crippen molar-refractivity contribution in [2.75, 3.05) is 38.2 Å². The second-order valence-electron chi connectivity index (χ2n) is 6.75. The van der Waals surface area contributed by atoms with Crippen molar-refractivity contribution in [3.8, 4) is 0 Å². The van der Waals surface area contributed by atoms with E-state index in [0.29, 0.717) is 23.8 Å². The first-order chi connectivity index (χ1) is 14.7. The smallest absolute Gasteiger partial charge is 0.338 e. The summed E-state index contributed by atoms with van der Waals surface area (Å²) in [7, 11) is -3.79. The zero-order valence-corrected chi connectivity index (χ0v) is 18.9. The van der Waals surface area contributed by atoms with Crippen LogP contribution in [0.15, 0.2) is 41.3 Å². The first kappa shape index (κ1) is 23.5. The molecule has 1 heterocycles. The lowest BCUT2D eigenvalue weighted by Gasteiger charge is -2.26. The van der Waals surface area contributed by atoms with Gasteiger partial charge in [-0.3, -0.25) is 4.79 Å². The van der Waals surface area contributed by atoms with Crippen molar-refractivity contribution in [3.05, 3.63) is 57.6 Å². The molecule has 2 aromatic rings. The number of halogens is 2. The van der Waals surface area contributed by atoms with Gasteiger partial charge in [0, 0.05) is 18.1 Å². The molecule has 2 aromatic carbocycles. The van der Waals surface area contributed by atoms with Gasteiger partial charge in [-0.05, 0) is 42.8 Å². The molecule has 0 aliphatic carbocycles. The summed E-state index contributed by atoms with van der Waals surface area (Å²) >= 11 is 11.9. The molecule has 0 spiro atoms. The first-order valence-corrected chi connectivity index (χ1v) is 11.5. The number of esters is 1. The minimum atomic E-state index is -3.79. The van der Waals surface area contributed by atoms with Crippen molar-refractivity contribution >= 4 is 50.8 Å². The maximum atomic E-state index is 12.9. The largest absolute Gasteiger partial charge is 0.452 e. The van der Waals surface area contributed by atoms with Gasteiger partial charge < -0.3 is 14.8 Å². The molecule has 0 saturated carbocycles. The third kappa shape index (κ3) is 5.75. The summed E-state index contributed by atoms with van der Waals surface area (Å²) in [4.78, 5) is 24.5. The SMILES string of the molecule is Cc1ccc(C(=O)OCC(=O)Nc2cc(Cl)ccc2Cl)cc1S(=O)(=O)N1CCOCC1. The molecule has 166 valence electrons. The monoisotopic (exact) mass is 486 g/mol. The van der Waals surface area contributed by atoms with Crippen molar-refractivity contribution < 1.29 is 27.5 Å². The van der Waals surface area contributed by atoms with E-state index in [0.717, 1.165) is 0 Å². The van der Waals surface area contributed by atoms with E-state index in [4.69, 9.17) is 32.7 Å². The van der Waals surface area contributed by atoms with Crippen molar-refractivity contribution in [3.63, 3.8) is 0 Å². The number of carbonyl (C=O) groups is 2. The van der Waals surface area contributed by atoms with Crippen LogP contribution in [0.25, 0.3) is 0 Å². The molecule has 1 aliphatic heterocycles. The zero-order chi connectivity index (χ0) is 22.6. The molecule has 1 fully saturated rings. The fourth-order valence-corrected chi connectivity index (χ4v) is 4.92. The number of sulfonamides is 1.